The SMILES string of the molecule is CN(C)c1cncc(N2CCCC(c3nccn3Cc3cscn3)C2)n1. The lowest BCUT2D eigenvalue weighted by atomic mass is 9.97. The average molecular weight is 369 g/mol. The van der Waals surface area contributed by atoms with E-state index >= 15 is 0 Å². The van der Waals surface area contributed by atoms with Crippen molar-refractivity contribution >= 4 is 23.0 Å². The molecule has 3 aromatic rings. The Bertz CT molecular complexity index is 843. The molecule has 26 heavy (non-hydrogen) atoms. The summed E-state index contributed by atoms with van der Waals surface area (Å²) in [5.74, 6) is 3.36. The molecule has 0 aliphatic carbocycles. The molecular formula is C18H23N7S. The van der Waals surface area contributed by atoms with Gasteiger partial charge >= 0.3 is 0 Å². The molecule has 0 saturated carbocycles. The minimum atomic E-state index is 0.391. The molecule has 136 valence electrons. The van der Waals surface area contributed by atoms with Gasteiger partial charge in [-0.3, -0.25) is 4.98 Å². The lowest BCUT2D eigenvalue weighted by Gasteiger charge is -2.33. The van der Waals surface area contributed by atoms with Crippen molar-refractivity contribution in [3.8, 4) is 0 Å². The minimum Gasteiger partial charge on any atom is -0.361 e. The van der Waals surface area contributed by atoms with Crippen LogP contribution in [0.5, 0.6) is 0 Å². The molecule has 1 aliphatic heterocycles. The maximum Gasteiger partial charge on any atom is 0.149 e. The fraction of sp³-hybridized carbons (Fsp3) is 0.444. The third-order valence-corrected chi connectivity index (χ3v) is 5.38. The highest BCUT2D eigenvalue weighted by atomic mass is 32.1. The normalized spacial score (nSPS) is 17.5. The largest absolute Gasteiger partial charge is 0.361 e. The van der Waals surface area contributed by atoms with Crippen LogP contribution in [0.15, 0.2) is 35.7 Å². The summed E-state index contributed by atoms with van der Waals surface area (Å²) in [7, 11) is 3.98. The van der Waals surface area contributed by atoms with E-state index < -0.39 is 0 Å². The van der Waals surface area contributed by atoms with Crippen LogP contribution in [0.2, 0.25) is 0 Å². The average Bonchev–Trinajstić information content (AvgIpc) is 3.34. The van der Waals surface area contributed by atoms with Gasteiger partial charge in [-0.15, -0.1) is 11.3 Å². The van der Waals surface area contributed by atoms with Crippen LogP contribution >= 0.6 is 11.3 Å². The van der Waals surface area contributed by atoms with E-state index in [0.717, 1.165) is 55.6 Å². The Hall–Kier alpha value is -2.48. The van der Waals surface area contributed by atoms with Crippen molar-refractivity contribution in [1.29, 1.82) is 0 Å². The fourth-order valence-corrected chi connectivity index (χ4v) is 3.96. The lowest BCUT2D eigenvalue weighted by molar-refractivity contribution is 0.473. The first kappa shape index (κ1) is 17.0. The van der Waals surface area contributed by atoms with Gasteiger partial charge in [0.05, 0.1) is 30.1 Å². The number of thiazole rings is 1. The zero-order valence-electron chi connectivity index (χ0n) is 15.1. The van der Waals surface area contributed by atoms with E-state index in [2.05, 4.69) is 36.0 Å². The third kappa shape index (κ3) is 3.55. The summed E-state index contributed by atoms with van der Waals surface area (Å²) >= 11 is 1.63. The maximum absolute atomic E-state index is 4.75. The van der Waals surface area contributed by atoms with Gasteiger partial charge in [-0.25, -0.2) is 15.0 Å². The molecular weight excluding hydrogens is 346 g/mol. The van der Waals surface area contributed by atoms with E-state index in [9.17, 15) is 0 Å². The molecule has 1 atom stereocenters. The molecule has 1 saturated heterocycles. The number of aromatic nitrogens is 5. The summed E-state index contributed by atoms with van der Waals surface area (Å²) in [5, 5.41) is 2.10. The summed E-state index contributed by atoms with van der Waals surface area (Å²) < 4.78 is 2.23. The Labute approximate surface area is 157 Å². The lowest BCUT2D eigenvalue weighted by Crippen LogP contribution is -2.36. The molecule has 7 nitrogen and oxygen atoms in total. The first-order valence-corrected chi connectivity index (χ1v) is 9.77. The monoisotopic (exact) mass is 369 g/mol. The van der Waals surface area contributed by atoms with Crippen molar-refractivity contribution in [2.75, 3.05) is 37.0 Å². The van der Waals surface area contributed by atoms with Gasteiger partial charge in [-0.1, -0.05) is 0 Å². The van der Waals surface area contributed by atoms with Crippen LogP contribution in [0, 0.1) is 0 Å². The summed E-state index contributed by atoms with van der Waals surface area (Å²) in [6.07, 6.45) is 9.88. The number of piperidine rings is 1. The highest BCUT2D eigenvalue weighted by Crippen LogP contribution is 2.29. The first-order chi connectivity index (χ1) is 12.7. The van der Waals surface area contributed by atoms with Crippen LogP contribution in [0.3, 0.4) is 0 Å². The second-order valence-corrected chi connectivity index (χ2v) is 7.53. The molecule has 0 aromatic carbocycles. The van der Waals surface area contributed by atoms with E-state index in [4.69, 9.17) is 4.98 Å². The topological polar surface area (TPSA) is 63.0 Å². The second kappa shape index (κ2) is 7.41. The van der Waals surface area contributed by atoms with Crippen LogP contribution < -0.4 is 9.80 Å². The van der Waals surface area contributed by atoms with E-state index in [-0.39, 0.29) is 0 Å². The smallest absolute Gasteiger partial charge is 0.149 e. The van der Waals surface area contributed by atoms with E-state index in [1.54, 1.807) is 17.5 Å². The number of anilines is 2. The molecule has 0 radical (unpaired) electrons. The van der Waals surface area contributed by atoms with E-state index in [1.807, 2.05) is 36.9 Å². The predicted octanol–water partition coefficient (Wildman–Crippen LogP) is 2.63. The number of imidazole rings is 1. The van der Waals surface area contributed by atoms with Gasteiger partial charge in [0.25, 0.3) is 0 Å². The molecule has 1 fully saturated rings. The second-order valence-electron chi connectivity index (χ2n) is 6.81. The fourth-order valence-electron chi connectivity index (χ4n) is 3.41. The minimum absolute atomic E-state index is 0.391. The van der Waals surface area contributed by atoms with Gasteiger partial charge in [0.1, 0.15) is 17.5 Å². The van der Waals surface area contributed by atoms with E-state index in [1.165, 1.54) is 0 Å². The molecule has 4 heterocycles. The third-order valence-electron chi connectivity index (χ3n) is 4.74. The number of nitrogens with zero attached hydrogens (tertiary/aromatic N) is 7. The van der Waals surface area contributed by atoms with Gasteiger partial charge in [-0.05, 0) is 12.8 Å². The zero-order chi connectivity index (χ0) is 17.9. The van der Waals surface area contributed by atoms with Crippen LogP contribution in [-0.4, -0.2) is 51.7 Å². The Kier molecular flexibility index (Phi) is 4.83. The zero-order valence-corrected chi connectivity index (χ0v) is 15.9. The number of hydrogen-bond acceptors (Lipinski definition) is 7. The Balaban J connectivity index is 1.53. The van der Waals surface area contributed by atoms with Crippen molar-refractivity contribution in [3.05, 3.63) is 47.2 Å². The van der Waals surface area contributed by atoms with Gasteiger partial charge in [0.15, 0.2) is 0 Å². The Morgan fingerprint density at radius 3 is 3.00 bits per heavy atom. The Morgan fingerprint density at radius 1 is 1.27 bits per heavy atom. The molecule has 1 aliphatic rings. The predicted molar refractivity (Wildman–Crippen MR) is 104 cm³/mol. The van der Waals surface area contributed by atoms with Gasteiger partial charge in [-0.2, -0.15) is 0 Å². The van der Waals surface area contributed by atoms with Crippen LogP contribution in [-0.2, 0) is 6.54 Å². The van der Waals surface area contributed by atoms with E-state index in [0.29, 0.717) is 5.92 Å². The van der Waals surface area contributed by atoms with Gasteiger partial charge in [0, 0.05) is 50.9 Å². The van der Waals surface area contributed by atoms with Crippen molar-refractivity contribution in [3.63, 3.8) is 0 Å². The standard InChI is InChI=1S/C18H23N7S/c1-23(2)16-8-19-9-17(22-16)24-6-3-4-14(10-24)18-20-5-7-25(18)11-15-12-26-13-21-15/h5,7-9,12-14H,3-4,6,10-11H2,1-2H3. The first-order valence-electron chi connectivity index (χ1n) is 8.83. The summed E-state index contributed by atoms with van der Waals surface area (Å²) in [5.41, 5.74) is 2.97. The van der Waals surface area contributed by atoms with Crippen molar-refractivity contribution < 1.29 is 0 Å². The maximum atomic E-state index is 4.75. The van der Waals surface area contributed by atoms with Crippen molar-refractivity contribution in [1.82, 2.24) is 24.5 Å². The van der Waals surface area contributed by atoms with Crippen molar-refractivity contribution in [2.24, 2.45) is 0 Å². The molecule has 3 aromatic heterocycles. The van der Waals surface area contributed by atoms with Crippen LogP contribution in [0.4, 0.5) is 11.6 Å². The molecule has 0 amide bonds. The molecule has 4 rings (SSSR count). The molecule has 8 heteroatoms. The van der Waals surface area contributed by atoms with Crippen molar-refractivity contribution in [2.45, 2.75) is 25.3 Å². The molecule has 0 bridgehead atoms. The Morgan fingerprint density at radius 2 is 2.19 bits per heavy atom. The quantitative estimate of drug-likeness (QED) is 0.689. The van der Waals surface area contributed by atoms with Gasteiger partial charge < -0.3 is 14.4 Å². The summed E-state index contributed by atoms with van der Waals surface area (Å²) in [4.78, 5) is 22.5. The van der Waals surface area contributed by atoms with Crippen LogP contribution in [0.1, 0.15) is 30.3 Å². The molecule has 0 N–H and O–H groups in total. The number of hydrogen-bond donors (Lipinski definition) is 0. The summed E-state index contributed by atoms with van der Waals surface area (Å²) in [6, 6.07) is 0. The highest BCUT2D eigenvalue weighted by Gasteiger charge is 2.26. The molecule has 0 spiro atoms. The summed E-state index contributed by atoms with van der Waals surface area (Å²) in [6.45, 7) is 2.71. The molecule has 1 unspecified atom stereocenters. The van der Waals surface area contributed by atoms with Gasteiger partial charge in [0.2, 0.25) is 0 Å². The van der Waals surface area contributed by atoms with Crippen LogP contribution in [0.25, 0.3) is 0 Å². The number of rotatable bonds is 5. The highest BCUT2D eigenvalue weighted by molar-refractivity contribution is 7.07.